The van der Waals surface area contributed by atoms with E-state index in [4.69, 9.17) is 35.3 Å². The zero-order chi connectivity index (χ0) is 27.3. The normalized spacial score (nSPS) is 16.9. The van der Waals surface area contributed by atoms with Gasteiger partial charge in [0.25, 0.3) is 11.7 Å². The number of nitrogens with zero attached hydrogens (tertiary/aromatic N) is 1. The Kier molecular flexibility index (Phi) is 9.29. The Labute approximate surface area is 221 Å². The molecular formula is C27H32ClNO8. The van der Waals surface area contributed by atoms with Crippen LogP contribution in [0.1, 0.15) is 31.0 Å². The molecule has 0 spiro atoms. The lowest BCUT2D eigenvalue weighted by Crippen LogP contribution is -2.32. The van der Waals surface area contributed by atoms with Gasteiger partial charge in [-0.25, -0.2) is 0 Å². The van der Waals surface area contributed by atoms with Gasteiger partial charge in [-0.1, -0.05) is 31.5 Å². The van der Waals surface area contributed by atoms with Gasteiger partial charge in [0.15, 0.2) is 11.5 Å². The molecule has 0 bridgehead atoms. The number of ketones is 1. The van der Waals surface area contributed by atoms with Crippen LogP contribution in [-0.4, -0.2) is 69.9 Å². The Bertz CT molecular complexity index is 1190. The van der Waals surface area contributed by atoms with E-state index < -0.39 is 23.5 Å². The summed E-state index contributed by atoms with van der Waals surface area (Å²) >= 11 is 6.32. The van der Waals surface area contributed by atoms with Crippen LogP contribution < -0.4 is 18.9 Å². The van der Waals surface area contributed by atoms with E-state index in [0.717, 1.165) is 0 Å². The van der Waals surface area contributed by atoms with Crippen LogP contribution in [0.2, 0.25) is 5.02 Å². The highest BCUT2D eigenvalue weighted by Gasteiger charge is 2.46. The molecule has 0 aromatic heterocycles. The Morgan fingerprint density at radius 3 is 2.24 bits per heavy atom. The second-order valence-corrected chi connectivity index (χ2v) is 9.19. The molecule has 1 unspecified atom stereocenters. The van der Waals surface area contributed by atoms with Crippen LogP contribution in [0.3, 0.4) is 0 Å². The highest BCUT2D eigenvalue weighted by atomic mass is 35.5. The van der Waals surface area contributed by atoms with Gasteiger partial charge in [-0.2, -0.15) is 0 Å². The van der Waals surface area contributed by atoms with E-state index in [1.165, 1.54) is 45.5 Å². The maximum Gasteiger partial charge on any atom is 0.295 e. The van der Waals surface area contributed by atoms with Crippen LogP contribution in [0, 0.1) is 5.92 Å². The number of aliphatic hydroxyl groups is 1. The standard InChI is InChI=1S/C27H32ClNO8/c1-15(2)14-37-22-11-16(7-8-19(22)34-4)24-23(26(31)27(32)29(24)9-10-33-3)25(30)17-12-18(28)21(36-6)13-20(17)35-5/h7-8,11-13,15,24,30H,9-10,14H2,1-6H3/b25-23+. The van der Waals surface area contributed by atoms with Crippen LogP contribution in [0.4, 0.5) is 0 Å². The zero-order valence-corrected chi connectivity index (χ0v) is 22.5. The van der Waals surface area contributed by atoms with E-state index in [1.54, 1.807) is 18.2 Å². The predicted octanol–water partition coefficient (Wildman–Crippen LogP) is 4.47. The molecule has 1 N–H and O–H groups in total. The van der Waals surface area contributed by atoms with E-state index in [-0.39, 0.29) is 41.0 Å². The van der Waals surface area contributed by atoms with E-state index in [9.17, 15) is 14.7 Å². The minimum Gasteiger partial charge on any atom is -0.507 e. The number of carbonyl (C=O) groups excluding carboxylic acids is 2. The molecule has 0 radical (unpaired) electrons. The summed E-state index contributed by atoms with van der Waals surface area (Å²) in [4.78, 5) is 27.8. The number of aliphatic hydroxyl groups excluding tert-OH is 1. The van der Waals surface area contributed by atoms with Crippen molar-refractivity contribution in [2.24, 2.45) is 5.92 Å². The van der Waals surface area contributed by atoms with Crippen molar-refractivity contribution in [3.05, 3.63) is 52.1 Å². The molecule has 0 aliphatic carbocycles. The maximum atomic E-state index is 13.3. The van der Waals surface area contributed by atoms with Gasteiger partial charge in [0.1, 0.15) is 17.3 Å². The number of ether oxygens (including phenoxy) is 5. The summed E-state index contributed by atoms with van der Waals surface area (Å²) in [6, 6.07) is 7.14. The summed E-state index contributed by atoms with van der Waals surface area (Å²) in [7, 11) is 5.89. The number of amides is 1. The Morgan fingerprint density at radius 2 is 1.65 bits per heavy atom. The van der Waals surface area contributed by atoms with Crippen molar-refractivity contribution in [2.45, 2.75) is 19.9 Å². The number of likely N-dealkylation sites (tertiary alicyclic amines) is 1. The number of hydrogen-bond donors (Lipinski definition) is 1. The molecule has 1 atom stereocenters. The van der Waals surface area contributed by atoms with Gasteiger partial charge in [-0.3, -0.25) is 9.59 Å². The third-order valence-corrected chi connectivity index (χ3v) is 6.18. The van der Waals surface area contributed by atoms with Crippen molar-refractivity contribution < 1.29 is 38.4 Å². The molecule has 1 aliphatic heterocycles. The third kappa shape index (κ3) is 5.78. The van der Waals surface area contributed by atoms with Crippen molar-refractivity contribution in [3.63, 3.8) is 0 Å². The third-order valence-electron chi connectivity index (χ3n) is 5.88. The summed E-state index contributed by atoms with van der Waals surface area (Å²) in [6.07, 6.45) is 0. The molecule has 2 aromatic rings. The Morgan fingerprint density at radius 1 is 0.973 bits per heavy atom. The molecule has 3 rings (SSSR count). The van der Waals surface area contributed by atoms with Gasteiger partial charge in [0.2, 0.25) is 0 Å². The number of carbonyl (C=O) groups is 2. The largest absolute Gasteiger partial charge is 0.507 e. The second-order valence-electron chi connectivity index (χ2n) is 8.79. The number of halogens is 1. The summed E-state index contributed by atoms with van der Waals surface area (Å²) in [5, 5.41) is 11.6. The lowest BCUT2D eigenvalue weighted by atomic mass is 9.94. The summed E-state index contributed by atoms with van der Waals surface area (Å²) in [6.45, 7) is 4.78. The number of benzene rings is 2. The van der Waals surface area contributed by atoms with E-state index in [0.29, 0.717) is 29.4 Å². The smallest absolute Gasteiger partial charge is 0.295 e. The fourth-order valence-corrected chi connectivity index (χ4v) is 4.31. The van der Waals surface area contributed by atoms with Crippen molar-refractivity contribution >= 4 is 29.1 Å². The SMILES string of the molecule is COCCN1C(=O)C(=O)/C(=C(/O)c2cc(Cl)c(OC)cc2OC)C1c1ccc(OC)c(OCC(C)C)c1. The molecule has 200 valence electrons. The predicted molar refractivity (Wildman–Crippen MR) is 139 cm³/mol. The molecule has 1 aliphatic rings. The van der Waals surface area contributed by atoms with Gasteiger partial charge in [0, 0.05) is 19.7 Å². The van der Waals surface area contributed by atoms with Gasteiger partial charge in [-0.05, 0) is 29.7 Å². The first-order chi connectivity index (χ1) is 17.7. The fourth-order valence-electron chi connectivity index (χ4n) is 4.07. The van der Waals surface area contributed by atoms with E-state index >= 15 is 0 Å². The monoisotopic (exact) mass is 533 g/mol. The van der Waals surface area contributed by atoms with E-state index in [1.807, 2.05) is 13.8 Å². The van der Waals surface area contributed by atoms with Crippen molar-refractivity contribution in [1.29, 1.82) is 0 Å². The number of rotatable bonds is 11. The van der Waals surface area contributed by atoms with Crippen molar-refractivity contribution in [1.82, 2.24) is 4.90 Å². The molecule has 1 heterocycles. The zero-order valence-electron chi connectivity index (χ0n) is 21.8. The average molecular weight is 534 g/mol. The lowest BCUT2D eigenvalue weighted by Gasteiger charge is -2.26. The quantitative estimate of drug-likeness (QED) is 0.256. The van der Waals surface area contributed by atoms with Crippen LogP contribution >= 0.6 is 11.6 Å². The van der Waals surface area contributed by atoms with Gasteiger partial charge < -0.3 is 33.7 Å². The maximum absolute atomic E-state index is 13.3. The Hall–Kier alpha value is -3.43. The van der Waals surface area contributed by atoms with Gasteiger partial charge in [0.05, 0.1) is 56.7 Å². The minimum atomic E-state index is -0.923. The molecule has 1 amide bonds. The highest BCUT2D eigenvalue weighted by molar-refractivity contribution is 6.46. The lowest BCUT2D eigenvalue weighted by molar-refractivity contribution is -0.140. The van der Waals surface area contributed by atoms with Crippen LogP contribution in [0.15, 0.2) is 35.9 Å². The molecule has 10 heteroatoms. The van der Waals surface area contributed by atoms with Crippen molar-refractivity contribution in [2.75, 3.05) is 48.2 Å². The molecule has 2 aromatic carbocycles. The first kappa shape index (κ1) is 28.1. The molecule has 1 saturated heterocycles. The second kappa shape index (κ2) is 12.2. The van der Waals surface area contributed by atoms with Crippen molar-refractivity contribution in [3.8, 4) is 23.0 Å². The molecule has 1 fully saturated rings. The molecule has 0 saturated carbocycles. The number of methoxy groups -OCH3 is 4. The summed E-state index contributed by atoms with van der Waals surface area (Å²) in [5.41, 5.74) is 0.587. The summed E-state index contributed by atoms with van der Waals surface area (Å²) in [5.74, 6) is -0.266. The fraction of sp³-hybridized carbons (Fsp3) is 0.407. The average Bonchev–Trinajstić information content (AvgIpc) is 3.14. The molecule has 37 heavy (non-hydrogen) atoms. The number of hydrogen-bond acceptors (Lipinski definition) is 8. The van der Waals surface area contributed by atoms with Crippen LogP contribution in [-0.2, 0) is 14.3 Å². The Balaban J connectivity index is 2.24. The number of Topliss-reactive ketones (excluding diaryl/α,β-unsaturated/α-hetero) is 1. The highest BCUT2D eigenvalue weighted by Crippen LogP contribution is 2.44. The van der Waals surface area contributed by atoms with E-state index in [2.05, 4.69) is 0 Å². The van der Waals surface area contributed by atoms with Crippen LogP contribution in [0.25, 0.3) is 5.76 Å². The van der Waals surface area contributed by atoms with Gasteiger partial charge >= 0.3 is 0 Å². The van der Waals surface area contributed by atoms with Crippen LogP contribution in [0.5, 0.6) is 23.0 Å². The molecular weight excluding hydrogens is 502 g/mol. The summed E-state index contributed by atoms with van der Waals surface area (Å²) < 4.78 is 27.2. The minimum absolute atomic E-state index is 0.111. The topological polar surface area (TPSA) is 104 Å². The van der Waals surface area contributed by atoms with Gasteiger partial charge in [-0.15, -0.1) is 0 Å². The first-order valence-corrected chi connectivity index (χ1v) is 12.1. The first-order valence-electron chi connectivity index (χ1n) is 11.7. The molecule has 9 nitrogen and oxygen atoms in total.